The summed E-state index contributed by atoms with van der Waals surface area (Å²) < 4.78 is 5.06. The Morgan fingerprint density at radius 3 is 2.71 bits per heavy atom. The summed E-state index contributed by atoms with van der Waals surface area (Å²) in [5.74, 6) is 0.0518. The fourth-order valence-corrected chi connectivity index (χ4v) is 1.60. The van der Waals surface area contributed by atoms with Gasteiger partial charge in [-0.15, -0.1) is 0 Å². The third-order valence-corrected chi connectivity index (χ3v) is 2.40. The highest BCUT2D eigenvalue weighted by Gasteiger charge is 2.22. The molecular weight excluding hydrogens is 220 g/mol. The number of nitrogens with zero attached hydrogens (tertiary/aromatic N) is 3. The number of hydrogen-bond acceptors (Lipinski definition) is 5. The highest BCUT2D eigenvalue weighted by molar-refractivity contribution is 5.65. The summed E-state index contributed by atoms with van der Waals surface area (Å²) in [4.78, 5) is 4.33. The second-order valence-corrected chi connectivity index (χ2v) is 3.52. The summed E-state index contributed by atoms with van der Waals surface area (Å²) in [6.07, 6.45) is 0. The van der Waals surface area contributed by atoms with Gasteiger partial charge in [0.1, 0.15) is 0 Å². The van der Waals surface area contributed by atoms with E-state index in [0.717, 1.165) is 11.1 Å². The first-order valence-electron chi connectivity index (χ1n) is 5.01. The lowest BCUT2D eigenvalue weighted by Crippen LogP contribution is -2.36. The molecule has 6 nitrogen and oxygen atoms in total. The number of nitrogens with two attached hydrogens (primary N) is 1. The molecule has 0 amide bonds. The summed E-state index contributed by atoms with van der Waals surface area (Å²) in [6.45, 7) is 1.89. The van der Waals surface area contributed by atoms with Gasteiger partial charge in [0.15, 0.2) is 0 Å². The maximum absolute atomic E-state index is 11.8. The fraction of sp³-hybridized carbons (Fsp3) is 0.182. The average Bonchev–Trinajstić information content (AvgIpc) is 2.29. The molecule has 2 N–H and O–H groups in total. The number of nitrogen functional groups attached to an aromatic ring is 1. The minimum Gasteiger partial charge on any atom is -0.594 e. The second-order valence-electron chi connectivity index (χ2n) is 3.52. The standard InChI is InChI=1S/C11H12N4O2/c1-7-5-3-4-6-8(7)9-10(17-2)13-11(12)14-15(9)16/h3-6H,1-2H3,(H2,12,13,14). The lowest BCUT2D eigenvalue weighted by atomic mass is 10.1. The summed E-state index contributed by atoms with van der Waals surface area (Å²) in [5, 5.41) is 15.3. The van der Waals surface area contributed by atoms with Crippen LogP contribution in [0.3, 0.4) is 0 Å². The van der Waals surface area contributed by atoms with E-state index in [-0.39, 0.29) is 17.5 Å². The first-order chi connectivity index (χ1) is 8.13. The maximum atomic E-state index is 11.8. The summed E-state index contributed by atoms with van der Waals surface area (Å²) in [7, 11) is 1.43. The first-order valence-corrected chi connectivity index (χ1v) is 5.01. The SMILES string of the molecule is COc1nc(N)n[n+]([O-])c1-c1ccccc1C. The molecule has 1 aromatic heterocycles. The summed E-state index contributed by atoms with van der Waals surface area (Å²) in [6, 6.07) is 7.42. The monoisotopic (exact) mass is 232 g/mol. The van der Waals surface area contributed by atoms with Crippen molar-refractivity contribution in [2.75, 3.05) is 12.8 Å². The van der Waals surface area contributed by atoms with E-state index >= 15 is 0 Å². The van der Waals surface area contributed by atoms with Crippen LogP contribution in [-0.4, -0.2) is 17.2 Å². The van der Waals surface area contributed by atoms with Crippen LogP contribution < -0.4 is 15.3 Å². The molecule has 0 atom stereocenters. The molecule has 17 heavy (non-hydrogen) atoms. The highest BCUT2D eigenvalue weighted by Crippen LogP contribution is 2.26. The predicted octanol–water partition coefficient (Wildman–Crippen LogP) is 0.676. The minimum atomic E-state index is -0.116. The van der Waals surface area contributed by atoms with Crippen LogP contribution in [0.2, 0.25) is 0 Å². The zero-order valence-electron chi connectivity index (χ0n) is 9.54. The number of benzene rings is 1. The van der Waals surface area contributed by atoms with Gasteiger partial charge in [-0.3, -0.25) is 0 Å². The maximum Gasteiger partial charge on any atom is 0.314 e. The lowest BCUT2D eigenvalue weighted by molar-refractivity contribution is -0.657. The van der Waals surface area contributed by atoms with Gasteiger partial charge in [-0.25, -0.2) is 0 Å². The van der Waals surface area contributed by atoms with Crippen LogP contribution in [0.4, 0.5) is 5.95 Å². The number of anilines is 1. The van der Waals surface area contributed by atoms with Crippen molar-refractivity contribution < 1.29 is 9.58 Å². The van der Waals surface area contributed by atoms with Crippen molar-refractivity contribution in [3.05, 3.63) is 35.0 Å². The van der Waals surface area contributed by atoms with Gasteiger partial charge in [0.25, 0.3) is 11.8 Å². The number of ether oxygens (including phenoxy) is 1. The number of aryl methyl sites for hydroxylation is 1. The third kappa shape index (κ3) is 1.96. The Kier molecular flexibility index (Phi) is 2.78. The zero-order chi connectivity index (χ0) is 12.4. The molecule has 0 aliphatic carbocycles. The van der Waals surface area contributed by atoms with Gasteiger partial charge in [-0.05, 0) is 23.4 Å². The molecule has 0 saturated carbocycles. The quantitative estimate of drug-likeness (QED) is 0.607. The Labute approximate surface area is 98.3 Å². The molecule has 0 spiro atoms. The van der Waals surface area contributed by atoms with Gasteiger partial charge in [0.05, 0.1) is 17.8 Å². The average molecular weight is 232 g/mol. The van der Waals surface area contributed by atoms with Crippen LogP contribution in [0.25, 0.3) is 11.3 Å². The Morgan fingerprint density at radius 2 is 2.06 bits per heavy atom. The van der Waals surface area contributed by atoms with Gasteiger partial charge < -0.3 is 15.7 Å². The van der Waals surface area contributed by atoms with Gasteiger partial charge in [-0.2, -0.15) is 4.98 Å². The Balaban J connectivity index is 2.71. The summed E-state index contributed by atoms with van der Waals surface area (Å²) in [5.41, 5.74) is 7.32. The van der Waals surface area contributed by atoms with E-state index in [0.29, 0.717) is 4.85 Å². The van der Waals surface area contributed by atoms with Crippen molar-refractivity contribution in [3.63, 3.8) is 0 Å². The number of rotatable bonds is 2. The molecule has 0 bridgehead atoms. The van der Waals surface area contributed by atoms with E-state index in [4.69, 9.17) is 10.5 Å². The highest BCUT2D eigenvalue weighted by atomic mass is 16.5. The van der Waals surface area contributed by atoms with E-state index in [2.05, 4.69) is 10.1 Å². The minimum absolute atomic E-state index is 0.116. The molecule has 1 heterocycles. The van der Waals surface area contributed by atoms with Crippen molar-refractivity contribution in [2.24, 2.45) is 0 Å². The number of hydrogen-bond donors (Lipinski definition) is 1. The van der Waals surface area contributed by atoms with Crippen molar-refractivity contribution in [3.8, 4) is 17.1 Å². The normalized spacial score (nSPS) is 10.2. The molecule has 0 unspecified atom stereocenters. The van der Waals surface area contributed by atoms with Gasteiger partial charge in [0, 0.05) is 0 Å². The molecule has 2 aromatic rings. The molecular formula is C11H12N4O2. The molecule has 88 valence electrons. The van der Waals surface area contributed by atoms with Crippen molar-refractivity contribution in [2.45, 2.75) is 6.92 Å². The Morgan fingerprint density at radius 1 is 1.35 bits per heavy atom. The van der Waals surface area contributed by atoms with E-state index in [1.165, 1.54) is 7.11 Å². The van der Waals surface area contributed by atoms with Crippen LogP contribution in [0.5, 0.6) is 5.88 Å². The van der Waals surface area contributed by atoms with E-state index < -0.39 is 0 Å². The third-order valence-electron chi connectivity index (χ3n) is 2.40. The van der Waals surface area contributed by atoms with Crippen molar-refractivity contribution in [1.82, 2.24) is 10.1 Å². The van der Waals surface area contributed by atoms with Crippen LogP contribution in [0.15, 0.2) is 24.3 Å². The van der Waals surface area contributed by atoms with Crippen LogP contribution in [0.1, 0.15) is 5.56 Å². The van der Waals surface area contributed by atoms with Crippen LogP contribution in [0, 0.1) is 12.1 Å². The molecule has 1 aromatic carbocycles. The van der Waals surface area contributed by atoms with Crippen LogP contribution >= 0.6 is 0 Å². The smallest absolute Gasteiger partial charge is 0.314 e. The molecule has 0 fully saturated rings. The second kappa shape index (κ2) is 4.25. The van der Waals surface area contributed by atoms with Gasteiger partial charge in [-0.1, -0.05) is 18.2 Å². The van der Waals surface area contributed by atoms with Crippen LogP contribution in [-0.2, 0) is 0 Å². The van der Waals surface area contributed by atoms with Gasteiger partial charge >= 0.3 is 5.69 Å². The predicted molar refractivity (Wildman–Crippen MR) is 62.1 cm³/mol. The summed E-state index contributed by atoms with van der Waals surface area (Å²) >= 11 is 0. The number of methoxy groups -OCH3 is 1. The largest absolute Gasteiger partial charge is 0.594 e. The molecule has 2 rings (SSSR count). The first kappa shape index (κ1) is 11.1. The fourth-order valence-electron chi connectivity index (χ4n) is 1.60. The van der Waals surface area contributed by atoms with E-state index in [1.807, 2.05) is 25.1 Å². The topological polar surface area (TPSA) is 88.0 Å². The Hall–Kier alpha value is -2.37. The van der Waals surface area contributed by atoms with Crippen molar-refractivity contribution >= 4 is 5.95 Å². The molecule has 0 aliphatic rings. The molecule has 6 heteroatoms. The lowest BCUT2D eigenvalue weighted by Gasteiger charge is -2.08. The van der Waals surface area contributed by atoms with E-state index in [1.54, 1.807) is 6.07 Å². The van der Waals surface area contributed by atoms with E-state index in [9.17, 15) is 5.21 Å². The van der Waals surface area contributed by atoms with Gasteiger partial charge in [0.2, 0.25) is 0 Å². The molecule has 0 radical (unpaired) electrons. The Bertz CT molecular complexity index is 557. The zero-order valence-corrected chi connectivity index (χ0v) is 9.54. The number of aromatic nitrogens is 3. The van der Waals surface area contributed by atoms with Crippen molar-refractivity contribution in [1.29, 1.82) is 0 Å². The molecule has 0 saturated heterocycles. The molecule has 0 aliphatic heterocycles.